The number of unbranched alkanes of at least 4 members (excludes halogenated alkanes) is 1. The normalized spacial score (nSPS) is 12.0. The second-order valence-electron chi connectivity index (χ2n) is 4.59. The summed E-state index contributed by atoms with van der Waals surface area (Å²) in [5.41, 5.74) is 7.88. The van der Waals surface area contributed by atoms with Crippen LogP contribution in [-0.2, 0) is 0 Å². The van der Waals surface area contributed by atoms with Gasteiger partial charge in [0.1, 0.15) is 5.75 Å². The van der Waals surface area contributed by atoms with Gasteiger partial charge in [0.2, 0.25) is 0 Å². The predicted molar refractivity (Wildman–Crippen MR) is 79.1 cm³/mol. The van der Waals surface area contributed by atoms with Crippen molar-refractivity contribution in [2.45, 2.75) is 26.7 Å². The summed E-state index contributed by atoms with van der Waals surface area (Å²) < 4.78 is 5.41. The third-order valence-corrected chi connectivity index (χ3v) is 3.10. The first-order chi connectivity index (χ1) is 8.60. The number of ether oxygens (including phenoxy) is 1. The molecule has 0 radical (unpaired) electrons. The van der Waals surface area contributed by atoms with E-state index in [0.717, 1.165) is 29.2 Å². The summed E-state index contributed by atoms with van der Waals surface area (Å²) in [4.78, 5) is 0. The minimum absolute atomic E-state index is 0.426. The third-order valence-electron chi connectivity index (χ3n) is 2.87. The molecule has 100 valence electrons. The molecule has 0 bridgehead atoms. The van der Waals surface area contributed by atoms with Gasteiger partial charge < -0.3 is 10.5 Å². The van der Waals surface area contributed by atoms with Crippen molar-refractivity contribution in [3.8, 4) is 5.75 Å². The van der Waals surface area contributed by atoms with Gasteiger partial charge in [-0.25, -0.2) is 0 Å². The van der Waals surface area contributed by atoms with Gasteiger partial charge in [0.25, 0.3) is 0 Å². The highest BCUT2D eigenvalue weighted by Crippen LogP contribution is 2.33. The lowest BCUT2D eigenvalue weighted by atomic mass is 9.93. The van der Waals surface area contributed by atoms with Gasteiger partial charge in [-0.15, -0.1) is 0 Å². The number of benzene rings is 1. The van der Waals surface area contributed by atoms with Crippen molar-refractivity contribution in [1.82, 2.24) is 0 Å². The molecule has 0 fully saturated rings. The molecule has 0 amide bonds. The Bertz CT molecular complexity index is 413. The van der Waals surface area contributed by atoms with Crippen molar-refractivity contribution in [1.29, 1.82) is 0 Å². The van der Waals surface area contributed by atoms with Gasteiger partial charge in [-0.3, -0.25) is 0 Å². The zero-order valence-corrected chi connectivity index (χ0v) is 12.1. The maximum atomic E-state index is 6.08. The Kier molecular flexibility index (Phi) is 6.23. The van der Waals surface area contributed by atoms with Gasteiger partial charge >= 0.3 is 0 Å². The number of rotatable bonds is 6. The zero-order chi connectivity index (χ0) is 13.5. The summed E-state index contributed by atoms with van der Waals surface area (Å²) in [6.45, 7) is 5.07. The van der Waals surface area contributed by atoms with Crippen molar-refractivity contribution < 1.29 is 4.74 Å². The fraction of sp³-hybridized carbons (Fsp3) is 0.467. The molecule has 0 saturated carbocycles. The van der Waals surface area contributed by atoms with Crippen LogP contribution in [-0.4, -0.2) is 13.7 Å². The quantitative estimate of drug-likeness (QED) is 0.787. The largest absolute Gasteiger partial charge is 0.496 e. The first-order valence-electron chi connectivity index (χ1n) is 6.34. The van der Waals surface area contributed by atoms with Crippen LogP contribution in [0, 0.1) is 5.92 Å². The summed E-state index contributed by atoms with van der Waals surface area (Å²) in [5, 5.41) is 0.733. The SMILES string of the molecule is COc1ccc(Cl)cc1/C(=C/CCCN)C(C)C. The molecule has 0 saturated heterocycles. The molecule has 1 aromatic carbocycles. The first kappa shape index (κ1) is 15.1. The molecule has 2 nitrogen and oxygen atoms in total. The van der Waals surface area contributed by atoms with Crippen LogP contribution in [0.3, 0.4) is 0 Å². The Morgan fingerprint density at radius 1 is 1.44 bits per heavy atom. The van der Waals surface area contributed by atoms with Gasteiger partial charge in [0.05, 0.1) is 7.11 Å². The van der Waals surface area contributed by atoms with E-state index in [-0.39, 0.29) is 0 Å². The lowest BCUT2D eigenvalue weighted by Crippen LogP contribution is -2.00. The van der Waals surface area contributed by atoms with Crippen LogP contribution in [0.4, 0.5) is 0 Å². The maximum absolute atomic E-state index is 6.08. The molecule has 18 heavy (non-hydrogen) atoms. The molecule has 0 aliphatic rings. The van der Waals surface area contributed by atoms with Crippen molar-refractivity contribution in [3.05, 3.63) is 34.9 Å². The molecule has 0 heterocycles. The molecule has 2 N–H and O–H groups in total. The van der Waals surface area contributed by atoms with Gasteiger partial charge in [0.15, 0.2) is 0 Å². The highest BCUT2D eigenvalue weighted by atomic mass is 35.5. The first-order valence-corrected chi connectivity index (χ1v) is 6.72. The molecule has 1 aromatic rings. The summed E-state index contributed by atoms with van der Waals surface area (Å²) >= 11 is 6.08. The average Bonchev–Trinajstić information content (AvgIpc) is 2.34. The van der Waals surface area contributed by atoms with Gasteiger partial charge in [-0.1, -0.05) is 31.5 Å². The summed E-state index contributed by atoms with van der Waals surface area (Å²) in [7, 11) is 1.69. The van der Waals surface area contributed by atoms with Crippen LogP contribution in [0.15, 0.2) is 24.3 Å². The second kappa shape index (κ2) is 7.45. The molecule has 0 aliphatic carbocycles. The van der Waals surface area contributed by atoms with Crippen LogP contribution in [0.2, 0.25) is 5.02 Å². The molecule has 0 spiro atoms. The number of halogens is 1. The highest BCUT2D eigenvalue weighted by Gasteiger charge is 2.12. The van der Waals surface area contributed by atoms with Crippen LogP contribution in [0.5, 0.6) is 5.75 Å². The Balaban J connectivity index is 3.12. The number of hydrogen-bond donors (Lipinski definition) is 1. The molecule has 0 atom stereocenters. The third kappa shape index (κ3) is 4.04. The number of nitrogens with two attached hydrogens (primary N) is 1. The van der Waals surface area contributed by atoms with Crippen LogP contribution in [0.1, 0.15) is 32.3 Å². The molecule has 1 rings (SSSR count). The Labute approximate surface area is 115 Å². The fourth-order valence-electron chi connectivity index (χ4n) is 1.94. The van der Waals surface area contributed by atoms with Gasteiger partial charge in [-0.2, -0.15) is 0 Å². The predicted octanol–water partition coefficient (Wildman–Crippen LogP) is 4.13. The lowest BCUT2D eigenvalue weighted by molar-refractivity contribution is 0.413. The molecular weight excluding hydrogens is 246 g/mol. The topological polar surface area (TPSA) is 35.2 Å². The smallest absolute Gasteiger partial charge is 0.126 e. The second-order valence-corrected chi connectivity index (χ2v) is 5.03. The van der Waals surface area contributed by atoms with E-state index in [1.54, 1.807) is 7.11 Å². The summed E-state index contributed by atoms with van der Waals surface area (Å²) in [5.74, 6) is 1.29. The molecule has 0 aliphatic heterocycles. The van der Waals surface area contributed by atoms with Crippen molar-refractivity contribution in [2.24, 2.45) is 11.7 Å². The van der Waals surface area contributed by atoms with Crippen LogP contribution in [0.25, 0.3) is 5.57 Å². The zero-order valence-electron chi connectivity index (χ0n) is 11.4. The van der Waals surface area contributed by atoms with Crippen LogP contribution >= 0.6 is 11.6 Å². The van der Waals surface area contributed by atoms with Gasteiger partial charge in [-0.05, 0) is 49.1 Å². The van der Waals surface area contributed by atoms with E-state index >= 15 is 0 Å². The molecule has 0 aromatic heterocycles. The van der Waals surface area contributed by atoms with E-state index in [2.05, 4.69) is 19.9 Å². The van der Waals surface area contributed by atoms with Crippen molar-refractivity contribution >= 4 is 17.2 Å². The number of hydrogen-bond acceptors (Lipinski definition) is 2. The van der Waals surface area contributed by atoms with E-state index < -0.39 is 0 Å². The minimum atomic E-state index is 0.426. The Morgan fingerprint density at radius 2 is 2.17 bits per heavy atom. The van der Waals surface area contributed by atoms with Gasteiger partial charge in [0, 0.05) is 10.6 Å². The summed E-state index contributed by atoms with van der Waals surface area (Å²) in [6.07, 6.45) is 4.23. The van der Waals surface area contributed by atoms with Crippen LogP contribution < -0.4 is 10.5 Å². The van der Waals surface area contributed by atoms with E-state index in [1.165, 1.54) is 5.57 Å². The highest BCUT2D eigenvalue weighted by molar-refractivity contribution is 6.30. The lowest BCUT2D eigenvalue weighted by Gasteiger charge is -2.16. The minimum Gasteiger partial charge on any atom is -0.496 e. The Morgan fingerprint density at radius 3 is 2.72 bits per heavy atom. The van der Waals surface area contributed by atoms with Crippen molar-refractivity contribution in [2.75, 3.05) is 13.7 Å². The monoisotopic (exact) mass is 267 g/mol. The average molecular weight is 268 g/mol. The van der Waals surface area contributed by atoms with E-state index in [9.17, 15) is 0 Å². The fourth-order valence-corrected chi connectivity index (χ4v) is 2.11. The Hall–Kier alpha value is -0.990. The van der Waals surface area contributed by atoms with E-state index in [1.807, 2.05) is 18.2 Å². The maximum Gasteiger partial charge on any atom is 0.126 e. The number of allylic oxidation sites excluding steroid dienone is 2. The standard InChI is InChI=1S/C15H22ClNO/c1-11(2)13(6-4-5-9-17)14-10-12(16)7-8-15(14)18-3/h6-8,10-11H,4-5,9,17H2,1-3H3/b13-6+. The van der Waals surface area contributed by atoms with Crippen molar-refractivity contribution in [3.63, 3.8) is 0 Å². The summed E-state index contributed by atoms with van der Waals surface area (Å²) in [6, 6.07) is 5.73. The molecule has 3 heteroatoms. The molecular formula is C15H22ClNO. The van der Waals surface area contributed by atoms with E-state index in [0.29, 0.717) is 12.5 Å². The number of methoxy groups -OCH3 is 1. The van der Waals surface area contributed by atoms with E-state index in [4.69, 9.17) is 22.1 Å². The molecule has 0 unspecified atom stereocenters.